The first kappa shape index (κ1) is 15.5. The first-order valence-corrected chi connectivity index (χ1v) is 8.40. The van der Waals surface area contributed by atoms with E-state index in [1.165, 1.54) is 0 Å². The lowest BCUT2D eigenvalue weighted by Crippen LogP contribution is -2.49. The van der Waals surface area contributed by atoms with Crippen LogP contribution in [0.15, 0.2) is 48.8 Å². The van der Waals surface area contributed by atoms with Gasteiger partial charge in [-0.05, 0) is 31.2 Å². The van der Waals surface area contributed by atoms with E-state index in [-0.39, 0.29) is 5.91 Å². The number of carbonyl (C=O) groups is 1. The Bertz CT molecular complexity index is 904. The van der Waals surface area contributed by atoms with Crippen LogP contribution in [0.25, 0.3) is 11.0 Å². The van der Waals surface area contributed by atoms with Crippen molar-refractivity contribution < 1.29 is 4.79 Å². The van der Waals surface area contributed by atoms with Gasteiger partial charge in [0.15, 0.2) is 5.82 Å². The van der Waals surface area contributed by atoms with Gasteiger partial charge in [0.1, 0.15) is 0 Å². The highest BCUT2D eigenvalue weighted by atomic mass is 16.2. The maximum absolute atomic E-state index is 12.5. The van der Waals surface area contributed by atoms with Crippen molar-refractivity contribution in [2.75, 3.05) is 31.1 Å². The van der Waals surface area contributed by atoms with E-state index in [1.807, 2.05) is 36.1 Å². The molecule has 25 heavy (non-hydrogen) atoms. The van der Waals surface area contributed by atoms with Gasteiger partial charge in [-0.15, -0.1) is 0 Å². The summed E-state index contributed by atoms with van der Waals surface area (Å²) >= 11 is 0. The molecule has 0 spiro atoms. The molecule has 1 aliphatic rings. The zero-order valence-electron chi connectivity index (χ0n) is 14.1. The molecule has 1 aliphatic heterocycles. The fraction of sp³-hybridized carbons (Fsp3) is 0.263. The minimum absolute atomic E-state index is 0.0362. The lowest BCUT2D eigenvalue weighted by atomic mass is 10.2. The average Bonchev–Trinajstić information content (AvgIpc) is 2.68. The van der Waals surface area contributed by atoms with Crippen molar-refractivity contribution in [3.63, 3.8) is 0 Å². The number of aryl methyl sites for hydroxylation is 1. The molecule has 6 heteroatoms. The minimum atomic E-state index is 0.0362. The molecule has 2 aromatic heterocycles. The molecule has 0 saturated carbocycles. The number of rotatable bonds is 2. The van der Waals surface area contributed by atoms with Crippen molar-refractivity contribution in [1.29, 1.82) is 0 Å². The number of benzene rings is 1. The van der Waals surface area contributed by atoms with Gasteiger partial charge in [0, 0.05) is 38.6 Å². The summed E-state index contributed by atoms with van der Waals surface area (Å²) in [5.74, 6) is 0.946. The standard InChI is InChI=1S/C19H19N5O/c1-14-18(22-17-7-3-2-6-16(17)21-14)23-9-11-24(12-10-23)19(25)15-5-4-8-20-13-15/h2-8,13H,9-12H2,1H3. The summed E-state index contributed by atoms with van der Waals surface area (Å²) in [6, 6.07) is 11.5. The molecule has 1 amide bonds. The van der Waals surface area contributed by atoms with Crippen molar-refractivity contribution in [2.24, 2.45) is 0 Å². The van der Waals surface area contributed by atoms with Crippen LogP contribution in [0, 0.1) is 6.92 Å². The molecule has 0 N–H and O–H groups in total. The van der Waals surface area contributed by atoms with E-state index in [9.17, 15) is 4.79 Å². The maximum Gasteiger partial charge on any atom is 0.255 e. The molecule has 1 fully saturated rings. The third-order valence-electron chi connectivity index (χ3n) is 4.49. The number of hydrogen-bond donors (Lipinski definition) is 0. The molecule has 0 bridgehead atoms. The number of para-hydroxylation sites is 2. The molecule has 0 atom stereocenters. The van der Waals surface area contributed by atoms with E-state index in [2.05, 4.69) is 14.9 Å². The molecule has 4 rings (SSSR count). The van der Waals surface area contributed by atoms with Crippen molar-refractivity contribution in [3.8, 4) is 0 Å². The predicted molar refractivity (Wildman–Crippen MR) is 96.6 cm³/mol. The van der Waals surface area contributed by atoms with Crippen LogP contribution in [0.5, 0.6) is 0 Å². The van der Waals surface area contributed by atoms with Gasteiger partial charge in [-0.1, -0.05) is 12.1 Å². The fourth-order valence-corrected chi connectivity index (χ4v) is 3.17. The second-order valence-corrected chi connectivity index (χ2v) is 6.14. The van der Waals surface area contributed by atoms with Crippen LogP contribution in [-0.2, 0) is 0 Å². The third kappa shape index (κ3) is 3.03. The Morgan fingerprint density at radius 3 is 2.36 bits per heavy atom. The maximum atomic E-state index is 12.5. The Hall–Kier alpha value is -3.02. The fourth-order valence-electron chi connectivity index (χ4n) is 3.17. The van der Waals surface area contributed by atoms with Gasteiger partial charge < -0.3 is 9.80 Å². The Balaban J connectivity index is 1.50. The van der Waals surface area contributed by atoms with Crippen LogP contribution in [0.2, 0.25) is 0 Å². The van der Waals surface area contributed by atoms with E-state index < -0.39 is 0 Å². The number of carbonyl (C=O) groups excluding carboxylic acids is 1. The van der Waals surface area contributed by atoms with Crippen LogP contribution in [0.1, 0.15) is 16.1 Å². The van der Waals surface area contributed by atoms with E-state index in [0.717, 1.165) is 35.6 Å². The van der Waals surface area contributed by atoms with E-state index in [4.69, 9.17) is 4.98 Å². The van der Waals surface area contributed by atoms with Crippen LogP contribution < -0.4 is 4.90 Å². The summed E-state index contributed by atoms with van der Waals surface area (Å²) in [5, 5.41) is 0. The molecule has 1 saturated heterocycles. The molecule has 3 aromatic rings. The number of piperazine rings is 1. The summed E-state index contributed by atoms with van der Waals surface area (Å²) in [7, 11) is 0. The summed E-state index contributed by atoms with van der Waals surface area (Å²) < 4.78 is 0. The Morgan fingerprint density at radius 2 is 1.68 bits per heavy atom. The van der Waals surface area contributed by atoms with Crippen molar-refractivity contribution >= 4 is 22.8 Å². The highest BCUT2D eigenvalue weighted by molar-refractivity contribution is 5.94. The molecule has 1 aromatic carbocycles. The quantitative estimate of drug-likeness (QED) is 0.720. The number of aromatic nitrogens is 3. The first-order valence-electron chi connectivity index (χ1n) is 8.40. The zero-order chi connectivity index (χ0) is 17.2. The second kappa shape index (κ2) is 6.47. The summed E-state index contributed by atoms with van der Waals surface area (Å²) in [6.45, 7) is 4.82. The first-order chi connectivity index (χ1) is 12.2. The normalized spacial score (nSPS) is 14.8. The van der Waals surface area contributed by atoms with Crippen LogP contribution in [0.3, 0.4) is 0 Å². The Labute approximate surface area is 146 Å². The smallest absolute Gasteiger partial charge is 0.255 e. The SMILES string of the molecule is Cc1nc2ccccc2nc1N1CCN(C(=O)c2cccnc2)CC1. The monoisotopic (exact) mass is 333 g/mol. The molecule has 0 aliphatic carbocycles. The van der Waals surface area contributed by atoms with Gasteiger partial charge in [0.25, 0.3) is 5.91 Å². The molecule has 0 unspecified atom stereocenters. The molecular formula is C19H19N5O. The molecular weight excluding hydrogens is 314 g/mol. The lowest BCUT2D eigenvalue weighted by molar-refractivity contribution is 0.0746. The van der Waals surface area contributed by atoms with E-state index >= 15 is 0 Å². The number of hydrogen-bond acceptors (Lipinski definition) is 5. The highest BCUT2D eigenvalue weighted by Crippen LogP contribution is 2.21. The molecule has 3 heterocycles. The van der Waals surface area contributed by atoms with Gasteiger partial charge in [0.2, 0.25) is 0 Å². The molecule has 6 nitrogen and oxygen atoms in total. The number of amides is 1. The van der Waals surface area contributed by atoms with Crippen LogP contribution in [0.4, 0.5) is 5.82 Å². The number of nitrogens with zero attached hydrogens (tertiary/aromatic N) is 5. The Kier molecular flexibility index (Phi) is 4.01. The minimum Gasteiger partial charge on any atom is -0.352 e. The molecule has 126 valence electrons. The van der Waals surface area contributed by atoms with Crippen molar-refractivity contribution in [3.05, 3.63) is 60.0 Å². The van der Waals surface area contributed by atoms with Crippen molar-refractivity contribution in [2.45, 2.75) is 6.92 Å². The lowest BCUT2D eigenvalue weighted by Gasteiger charge is -2.35. The highest BCUT2D eigenvalue weighted by Gasteiger charge is 2.24. The van der Waals surface area contributed by atoms with E-state index in [1.54, 1.807) is 24.5 Å². The van der Waals surface area contributed by atoms with Gasteiger partial charge in [-0.3, -0.25) is 9.78 Å². The van der Waals surface area contributed by atoms with Crippen LogP contribution in [-0.4, -0.2) is 51.9 Å². The summed E-state index contributed by atoms with van der Waals surface area (Å²) in [4.78, 5) is 30.1. The van der Waals surface area contributed by atoms with E-state index in [0.29, 0.717) is 18.7 Å². The predicted octanol–water partition coefficient (Wildman–Crippen LogP) is 2.30. The van der Waals surface area contributed by atoms with Gasteiger partial charge in [0.05, 0.1) is 22.3 Å². The second-order valence-electron chi connectivity index (χ2n) is 6.14. The topological polar surface area (TPSA) is 62.2 Å². The van der Waals surface area contributed by atoms with Gasteiger partial charge in [-0.2, -0.15) is 0 Å². The zero-order valence-corrected chi connectivity index (χ0v) is 14.1. The van der Waals surface area contributed by atoms with Crippen molar-refractivity contribution in [1.82, 2.24) is 19.9 Å². The number of fused-ring (bicyclic) bond motifs is 1. The molecule has 0 radical (unpaired) electrons. The largest absolute Gasteiger partial charge is 0.352 e. The van der Waals surface area contributed by atoms with Gasteiger partial charge >= 0.3 is 0 Å². The third-order valence-corrected chi connectivity index (χ3v) is 4.49. The van der Waals surface area contributed by atoms with Gasteiger partial charge in [-0.25, -0.2) is 9.97 Å². The number of anilines is 1. The summed E-state index contributed by atoms with van der Waals surface area (Å²) in [6.07, 6.45) is 3.30. The average molecular weight is 333 g/mol. The van der Waals surface area contributed by atoms with Crippen LogP contribution >= 0.6 is 0 Å². The Morgan fingerprint density at radius 1 is 0.960 bits per heavy atom. The number of pyridine rings is 1. The summed E-state index contributed by atoms with van der Waals surface area (Å²) in [5.41, 5.74) is 3.37.